The first-order valence-corrected chi connectivity index (χ1v) is 11.5. The van der Waals surface area contributed by atoms with Gasteiger partial charge in [-0.3, -0.25) is 4.79 Å². The summed E-state index contributed by atoms with van der Waals surface area (Å²) in [7, 11) is 0. The third-order valence-electron chi connectivity index (χ3n) is 5.80. The van der Waals surface area contributed by atoms with Crippen LogP contribution < -0.4 is 5.32 Å². The summed E-state index contributed by atoms with van der Waals surface area (Å²) in [5.74, 6) is 0.0613. The van der Waals surface area contributed by atoms with E-state index in [1.807, 2.05) is 37.3 Å². The van der Waals surface area contributed by atoms with Crippen molar-refractivity contribution in [2.75, 3.05) is 0 Å². The number of carbonyl (C=O) groups is 1. The van der Waals surface area contributed by atoms with Crippen molar-refractivity contribution in [1.82, 2.24) is 14.7 Å². The Bertz CT molecular complexity index is 1240. The maximum Gasteiger partial charge on any atom is 0.220 e. The molecule has 0 saturated heterocycles. The number of aromatic nitrogens is 2. The summed E-state index contributed by atoms with van der Waals surface area (Å²) in [6.45, 7) is 6.19. The number of hydrogen-bond acceptors (Lipinski definition) is 2. The number of aryl methyl sites for hydroxylation is 2. The van der Waals surface area contributed by atoms with E-state index in [0.717, 1.165) is 40.1 Å². The molecule has 4 aromatic rings. The summed E-state index contributed by atoms with van der Waals surface area (Å²) in [5.41, 5.74) is 7.27. The van der Waals surface area contributed by atoms with Gasteiger partial charge in [-0.15, -0.1) is 0 Å². The number of nitrogens with zero attached hydrogens (tertiary/aromatic N) is 2. The Morgan fingerprint density at radius 3 is 2.53 bits per heavy atom. The molecule has 0 bridgehead atoms. The molecule has 0 saturated carbocycles. The quantitative estimate of drug-likeness (QED) is 0.354. The van der Waals surface area contributed by atoms with E-state index in [-0.39, 0.29) is 11.9 Å². The molecule has 32 heavy (non-hydrogen) atoms. The van der Waals surface area contributed by atoms with Gasteiger partial charge in [-0.2, -0.15) is 0 Å². The van der Waals surface area contributed by atoms with Crippen molar-refractivity contribution in [3.05, 3.63) is 83.1 Å². The lowest BCUT2D eigenvalue weighted by Gasteiger charge is -2.12. The van der Waals surface area contributed by atoms with E-state index < -0.39 is 0 Å². The Hall–Kier alpha value is -3.11. The average molecular weight is 446 g/mol. The van der Waals surface area contributed by atoms with E-state index in [9.17, 15) is 4.79 Å². The summed E-state index contributed by atoms with van der Waals surface area (Å²) in [6.07, 6.45) is 4.04. The van der Waals surface area contributed by atoms with Gasteiger partial charge in [-0.05, 0) is 62.1 Å². The average Bonchev–Trinajstić information content (AvgIpc) is 3.15. The predicted molar refractivity (Wildman–Crippen MR) is 132 cm³/mol. The highest BCUT2D eigenvalue weighted by Crippen LogP contribution is 2.29. The zero-order valence-electron chi connectivity index (χ0n) is 18.7. The van der Waals surface area contributed by atoms with Gasteiger partial charge in [0.1, 0.15) is 5.65 Å². The molecule has 2 heterocycles. The number of carbonyl (C=O) groups excluding carboxylic acids is 1. The van der Waals surface area contributed by atoms with Gasteiger partial charge in [0, 0.05) is 29.2 Å². The monoisotopic (exact) mass is 445 g/mol. The lowest BCUT2D eigenvalue weighted by molar-refractivity contribution is -0.121. The minimum atomic E-state index is 0.0613. The van der Waals surface area contributed by atoms with Crippen LogP contribution in [-0.2, 0) is 11.2 Å². The molecule has 2 aromatic carbocycles. The van der Waals surface area contributed by atoms with Crippen LogP contribution in [0.25, 0.3) is 28.0 Å². The molecule has 0 aliphatic rings. The highest BCUT2D eigenvalue weighted by Gasteiger charge is 2.17. The van der Waals surface area contributed by atoms with Crippen molar-refractivity contribution in [3.8, 4) is 22.4 Å². The van der Waals surface area contributed by atoms with Gasteiger partial charge in [0.25, 0.3) is 0 Å². The molecule has 4 nitrogen and oxygen atoms in total. The van der Waals surface area contributed by atoms with Crippen LogP contribution in [0.5, 0.6) is 0 Å². The van der Waals surface area contributed by atoms with Gasteiger partial charge in [0.15, 0.2) is 0 Å². The molecule has 1 atom stereocenters. The second-order valence-corrected chi connectivity index (χ2v) is 8.74. The number of rotatable bonds is 7. The lowest BCUT2D eigenvalue weighted by Crippen LogP contribution is -2.32. The Balaban J connectivity index is 1.76. The summed E-state index contributed by atoms with van der Waals surface area (Å²) < 4.78 is 2.12. The maximum atomic E-state index is 12.5. The molecule has 1 N–H and O–H groups in total. The van der Waals surface area contributed by atoms with E-state index in [1.54, 1.807) is 0 Å². The molecule has 4 rings (SSSR count). The maximum absolute atomic E-state index is 12.5. The second kappa shape index (κ2) is 9.58. The Morgan fingerprint density at radius 2 is 1.81 bits per heavy atom. The molecule has 0 spiro atoms. The van der Waals surface area contributed by atoms with Crippen molar-refractivity contribution < 1.29 is 4.79 Å². The molecule has 0 fully saturated rings. The normalized spacial score (nSPS) is 12.1. The van der Waals surface area contributed by atoms with Gasteiger partial charge in [-0.25, -0.2) is 4.98 Å². The minimum Gasteiger partial charge on any atom is -0.354 e. The van der Waals surface area contributed by atoms with Crippen molar-refractivity contribution in [2.45, 2.75) is 46.1 Å². The van der Waals surface area contributed by atoms with Gasteiger partial charge < -0.3 is 9.72 Å². The summed E-state index contributed by atoms with van der Waals surface area (Å²) in [6, 6.07) is 20.5. The first kappa shape index (κ1) is 22.1. The van der Waals surface area contributed by atoms with Gasteiger partial charge in [0.2, 0.25) is 5.91 Å². The fourth-order valence-corrected chi connectivity index (χ4v) is 3.97. The largest absolute Gasteiger partial charge is 0.354 e. The number of pyridine rings is 1. The van der Waals surface area contributed by atoms with Gasteiger partial charge >= 0.3 is 0 Å². The van der Waals surface area contributed by atoms with Crippen LogP contribution in [0, 0.1) is 6.92 Å². The lowest BCUT2D eigenvalue weighted by atomic mass is 10.0. The predicted octanol–water partition coefficient (Wildman–Crippen LogP) is 6.48. The van der Waals surface area contributed by atoms with Crippen LogP contribution in [0.4, 0.5) is 0 Å². The first-order valence-electron chi connectivity index (χ1n) is 11.1. The molecule has 0 radical (unpaired) electrons. The van der Waals surface area contributed by atoms with Crippen molar-refractivity contribution in [2.24, 2.45) is 0 Å². The molecule has 5 heteroatoms. The summed E-state index contributed by atoms with van der Waals surface area (Å²) in [5, 5.41) is 3.75. The van der Waals surface area contributed by atoms with Crippen LogP contribution in [-0.4, -0.2) is 21.3 Å². The molecule has 0 aliphatic carbocycles. The third-order valence-corrected chi connectivity index (χ3v) is 6.05. The van der Waals surface area contributed by atoms with E-state index >= 15 is 0 Å². The first-order chi connectivity index (χ1) is 15.4. The van der Waals surface area contributed by atoms with Crippen LogP contribution in [0.3, 0.4) is 0 Å². The molecule has 2 aromatic heterocycles. The van der Waals surface area contributed by atoms with Gasteiger partial charge in [-0.1, -0.05) is 60.5 Å². The number of benzene rings is 2. The van der Waals surface area contributed by atoms with Gasteiger partial charge in [0.05, 0.1) is 11.4 Å². The van der Waals surface area contributed by atoms with E-state index in [2.05, 4.69) is 60.1 Å². The number of hydrogen-bond donors (Lipinski definition) is 1. The minimum absolute atomic E-state index is 0.0613. The van der Waals surface area contributed by atoms with Crippen molar-refractivity contribution in [1.29, 1.82) is 0 Å². The van der Waals surface area contributed by atoms with Crippen LogP contribution >= 0.6 is 11.6 Å². The summed E-state index contributed by atoms with van der Waals surface area (Å²) >= 11 is 6.11. The molecular weight excluding hydrogens is 418 g/mol. The Kier molecular flexibility index (Phi) is 6.61. The number of halogens is 1. The van der Waals surface area contributed by atoms with Crippen LogP contribution in [0.1, 0.15) is 37.9 Å². The van der Waals surface area contributed by atoms with Crippen molar-refractivity contribution in [3.63, 3.8) is 0 Å². The molecule has 1 amide bonds. The van der Waals surface area contributed by atoms with Crippen molar-refractivity contribution >= 4 is 23.2 Å². The number of amides is 1. The second-order valence-electron chi connectivity index (χ2n) is 8.31. The molecule has 0 aliphatic heterocycles. The fraction of sp³-hybridized carbons (Fsp3) is 0.259. The topological polar surface area (TPSA) is 46.4 Å². The summed E-state index contributed by atoms with van der Waals surface area (Å²) in [4.78, 5) is 17.4. The van der Waals surface area contributed by atoms with Crippen LogP contribution in [0.2, 0.25) is 5.02 Å². The molecular formula is C27H28ClN3O. The Labute approximate surface area is 194 Å². The van der Waals surface area contributed by atoms with E-state index in [4.69, 9.17) is 16.6 Å². The Morgan fingerprint density at radius 1 is 1.06 bits per heavy atom. The smallest absolute Gasteiger partial charge is 0.220 e. The SMILES string of the molecule is CC[C@H](C)NC(=O)CCc1c(-c2ccc(Cl)cc2)nc2ccc(-c3cccc(C)c3)cn12. The van der Waals surface area contributed by atoms with Crippen LogP contribution in [0.15, 0.2) is 66.9 Å². The molecule has 164 valence electrons. The highest BCUT2D eigenvalue weighted by atomic mass is 35.5. The highest BCUT2D eigenvalue weighted by molar-refractivity contribution is 6.30. The number of fused-ring (bicyclic) bond motifs is 1. The number of imidazole rings is 1. The number of nitrogens with one attached hydrogen (secondary N) is 1. The zero-order valence-corrected chi connectivity index (χ0v) is 19.5. The van der Waals surface area contributed by atoms with E-state index in [1.165, 1.54) is 5.56 Å². The standard InChI is InChI=1S/C27H28ClN3O/c1-4-19(3)29-26(32)15-13-24-27(20-8-11-23(28)12-9-20)30-25-14-10-22(17-31(24)25)21-7-5-6-18(2)16-21/h5-12,14,16-17,19H,4,13,15H2,1-3H3,(H,29,32)/t19-/m0/s1. The van der Waals surface area contributed by atoms with E-state index in [0.29, 0.717) is 17.9 Å². The fourth-order valence-electron chi connectivity index (χ4n) is 3.85. The third kappa shape index (κ3) is 4.86. The zero-order chi connectivity index (χ0) is 22.7. The molecule has 0 unspecified atom stereocenters.